The average molecular weight is 1600 g/mol. The first kappa shape index (κ1) is 95.9. The van der Waals surface area contributed by atoms with Gasteiger partial charge in [-0.2, -0.15) is 0 Å². The third-order valence-corrected chi connectivity index (χ3v) is 23.0. The van der Waals surface area contributed by atoms with E-state index in [4.69, 9.17) is 5.73 Å². The van der Waals surface area contributed by atoms with Gasteiger partial charge in [0, 0.05) is 19.6 Å². The van der Waals surface area contributed by atoms with Crippen LogP contribution in [0.15, 0.2) is 182 Å². The van der Waals surface area contributed by atoms with Crippen LogP contribution < -0.4 is 5.73 Å². The van der Waals surface area contributed by atoms with Gasteiger partial charge in [0.25, 0.3) is 0 Å². The summed E-state index contributed by atoms with van der Waals surface area (Å²) in [6.45, 7) is 14.2. The first-order chi connectivity index (χ1) is 56.6. The highest BCUT2D eigenvalue weighted by atomic mass is 16.2. The first-order valence-corrected chi connectivity index (χ1v) is 43.7. The van der Waals surface area contributed by atoms with Crippen molar-refractivity contribution in [2.45, 2.75) is 253 Å². The number of rotatable bonds is 58. The first-order valence-electron chi connectivity index (χ1n) is 43.7. The molecule has 0 aliphatic carbocycles. The molecule has 6 aromatic rings. The molecule has 0 aliphatic rings. The summed E-state index contributed by atoms with van der Waals surface area (Å²) in [5.41, 5.74) is 10.2. The lowest BCUT2D eigenvalue weighted by Gasteiger charge is -2.37. The third-order valence-electron chi connectivity index (χ3n) is 23.0. The van der Waals surface area contributed by atoms with Crippen LogP contribution >= 0.6 is 0 Å². The van der Waals surface area contributed by atoms with Crippen molar-refractivity contribution in [3.8, 4) is 0 Å². The Bertz CT molecular complexity index is 3880. The largest absolute Gasteiger partial charge is 0.368 e. The van der Waals surface area contributed by atoms with Crippen molar-refractivity contribution in [1.82, 2.24) is 44.1 Å². The van der Waals surface area contributed by atoms with Gasteiger partial charge < -0.3 is 49.8 Å². The molecule has 117 heavy (non-hydrogen) atoms. The molecule has 0 bridgehead atoms. The fourth-order valence-corrected chi connectivity index (χ4v) is 15.3. The number of benzene rings is 6. The van der Waals surface area contributed by atoms with Gasteiger partial charge in [0.15, 0.2) is 0 Å². The topological polar surface area (TPSA) is 226 Å². The van der Waals surface area contributed by atoms with E-state index in [1.807, 2.05) is 217 Å². The van der Waals surface area contributed by atoms with E-state index in [9.17, 15) is 19.2 Å². The van der Waals surface area contributed by atoms with Gasteiger partial charge in [-0.3, -0.25) is 47.9 Å². The van der Waals surface area contributed by atoms with Crippen LogP contribution in [0.1, 0.15) is 286 Å². The number of amides is 10. The number of nitrogens with zero attached hydrogens (tertiary/aromatic N) is 9. The van der Waals surface area contributed by atoms with Gasteiger partial charge in [-0.05, 0) is 94.2 Å². The molecule has 0 saturated heterocycles. The van der Waals surface area contributed by atoms with Crippen LogP contribution in [0.2, 0.25) is 0 Å². The highest BCUT2D eigenvalue weighted by Gasteiger charge is 2.37. The van der Waals surface area contributed by atoms with Crippen LogP contribution in [0.5, 0.6) is 0 Å². The second kappa shape index (κ2) is 54.1. The summed E-state index contributed by atoms with van der Waals surface area (Å²) in [7, 11) is 0. The minimum Gasteiger partial charge on any atom is -0.368 e. The third kappa shape index (κ3) is 33.2. The molecule has 0 spiro atoms. The second-order valence-electron chi connectivity index (χ2n) is 31.7. The fraction of sp³-hybridized carbons (Fsp3) is 0.526. The summed E-state index contributed by atoms with van der Waals surface area (Å²) in [5.74, 6) is -4.93. The predicted molar refractivity (Wildman–Crippen MR) is 467 cm³/mol. The average Bonchev–Trinajstić information content (AvgIpc) is 0.817. The Morgan fingerprint density at radius 3 is 0.658 bits per heavy atom. The Labute approximate surface area is 700 Å². The van der Waals surface area contributed by atoms with Crippen LogP contribution in [0.4, 0.5) is 0 Å². The molecule has 636 valence electrons. The predicted octanol–water partition coefficient (Wildman–Crippen LogP) is 17.5. The van der Waals surface area contributed by atoms with E-state index < -0.39 is 142 Å². The standard InChI is InChI=1S/C97H138N10O10/c1-10-13-16-19-22-25-28-49-64-99(76-108)68-92(112)105(80(7)86-58-43-34-44-59-86)74-96(116)103(78(5)84-54-39-32-40-55-84)71-90(110)101(66-51-30-27-24-21-18-15-12-3)70-94(114)107(82(9)88-62-47-36-48-63-88)75-97(117)104(79(6)85-56-41-33-42-57-85)72-91(111)100(65-50-29-26-23-20-17-14-11-2)69-93(113)106(81(8)87-60-45-35-46-61-87)73-95(115)102(67-89(98)109)77(4)83-52-37-31-38-53-83/h31-48,52-63,76-82H,10-30,49-51,64-75H2,1-9H3,(H2,98,109)/t77-,78-,79-,80-,81-,82-/m0/s1. The van der Waals surface area contributed by atoms with Crippen LogP contribution in [-0.2, 0) is 47.9 Å². The Kier molecular flexibility index (Phi) is 44.3. The summed E-state index contributed by atoms with van der Waals surface area (Å²) in [6, 6.07) is 51.8. The van der Waals surface area contributed by atoms with E-state index in [-0.39, 0.29) is 19.6 Å². The van der Waals surface area contributed by atoms with Crippen LogP contribution in [-0.4, -0.2) is 182 Å². The fourth-order valence-electron chi connectivity index (χ4n) is 15.3. The van der Waals surface area contributed by atoms with E-state index in [0.717, 1.165) is 138 Å². The number of carbonyl (C=O) groups is 10. The quantitative estimate of drug-likeness (QED) is 0.0281. The van der Waals surface area contributed by atoms with E-state index >= 15 is 28.8 Å². The molecule has 0 saturated carbocycles. The maximum absolute atomic E-state index is 16.1. The smallest absolute Gasteiger partial charge is 0.243 e. The summed E-state index contributed by atoms with van der Waals surface area (Å²) < 4.78 is 0. The maximum atomic E-state index is 16.1. The maximum Gasteiger partial charge on any atom is 0.243 e. The molecule has 6 rings (SSSR count). The molecule has 0 unspecified atom stereocenters. The van der Waals surface area contributed by atoms with Gasteiger partial charge in [0.05, 0.1) is 62.4 Å². The summed E-state index contributed by atoms with van der Waals surface area (Å²) in [5, 5.41) is 0. The van der Waals surface area contributed by atoms with E-state index in [1.165, 1.54) is 69.8 Å². The van der Waals surface area contributed by atoms with Crippen LogP contribution in [0, 0.1) is 0 Å². The number of carbonyl (C=O) groups excluding carboxylic acids is 10. The molecule has 0 aliphatic heterocycles. The van der Waals surface area contributed by atoms with Gasteiger partial charge >= 0.3 is 0 Å². The van der Waals surface area contributed by atoms with E-state index in [0.29, 0.717) is 36.9 Å². The zero-order valence-electron chi connectivity index (χ0n) is 72.0. The zero-order chi connectivity index (χ0) is 84.7. The minimum absolute atomic E-state index is 0.145. The number of primary amides is 1. The van der Waals surface area contributed by atoms with Crippen LogP contribution in [0.25, 0.3) is 0 Å². The van der Waals surface area contributed by atoms with Gasteiger partial charge in [0.2, 0.25) is 59.6 Å². The Morgan fingerprint density at radius 2 is 0.436 bits per heavy atom. The van der Waals surface area contributed by atoms with Gasteiger partial charge in [-0.15, -0.1) is 0 Å². The summed E-state index contributed by atoms with van der Waals surface area (Å²) >= 11 is 0. The monoisotopic (exact) mass is 1600 g/mol. The molecule has 20 nitrogen and oxygen atoms in total. The van der Waals surface area contributed by atoms with Crippen molar-refractivity contribution in [3.63, 3.8) is 0 Å². The number of hydrogen-bond acceptors (Lipinski definition) is 10. The molecular formula is C97H138N10O10. The molecule has 0 fully saturated rings. The molecule has 2 N–H and O–H groups in total. The highest BCUT2D eigenvalue weighted by molar-refractivity contribution is 5.94. The number of hydrogen-bond donors (Lipinski definition) is 1. The SMILES string of the molecule is CCCCCCCCCCN(C=O)CC(=O)N(CC(=O)N(CC(=O)N(CCCCCCCCCC)CC(=O)N(CC(=O)N(CC(=O)N(CCCCCCCCCC)CC(=O)N(CC(=O)N(CC(N)=O)[C@@H](C)c1ccccc1)[C@@H](C)c1ccccc1)[C@@H](C)c1ccccc1)[C@@H](C)c1ccccc1)[C@@H](C)c1ccccc1)[C@@H](C)c1ccccc1. The second-order valence-corrected chi connectivity index (χ2v) is 31.7. The Balaban J connectivity index is 1.38. The van der Waals surface area contributed by atoms with Gasteiger partial charge in [0.1, 0.15) is 32.7 Å². The lowest BCUT2D eigenvalue weighted by Crippen LogP contribution is -2.53. The molecule has 10 amide bonds. The number of nitrogens with two attached hydrogens (primary N) is 1. The lowest BCUT2D eigenvalue weighted by atomic mass is 10.0. The zero-order valence-corrected chi connectivity index (χ0v) is 72.0. The molecule has 0 radical (unpaired) electrons. The normalized spacial score (nSPS) is 12.7. The van der Waals surface area contributed by atoms with Gasteiger partial charge in [-0.25, -0.2) is 0 Å². The molecule has 20 heteroatoms. The summed E-state index contributed by atoms with van der Waals surface area (Å²) in [4.78, 5) is 163. The Hall–Kier alpha value is -9.98. The van der Waals surface area contributed by atoms with Gasteiger partial charge in [-0.1, -0.05) is 338 Å². The van der Waals surface area contributed by atoms with E-state index in [2.05, 4.69) is 20.8 Å². The lowest BCUT2D eigenvalue weighted by molar-refractivity contribution is -0.151. The minimum atomic E-state index is -0.764. The van der Waals surface area contributed by atoms with Crippen molar-refractivity contribution in [2.75, 3.05) is 78.5 Å². The van der Waals surface area contributed by atoms with Crippen molar-refractivity contribution in [2.24, 2.45) is 5.73 Å². The molecule has 6 aromatic carbocycles. The van der Waals surface area contributed by atoms with Crippen molar-refractivity contribution in [3.05, 3.63) is 215 Å². The van der Waals surface area contributed by atoms with Crippen molar-refractivity contribution in [1.29, 1.82) is 0 Å². The van der Waals surface area contributed by atoms with Crippen LogP contribution in [0.3, 0.4) is 0 Å². The van der Waals surface area contributed by atoms with Crippen molar-refractivity contribution >= 4 is 59.6 Å². The Morgan fingerprint density at radius 1 is 0.248 bits per heavy atom. The molecule has 0 aromatic heterocycles. The molecule has 0 heterocycles. The number of unbranched alkanes of at least 4 members (excludes halogenated alkanes) is 21. The summed E-state index contributed by atoms with van der Waals surface area (Å²) in [6.07, 6.45) is 24.5. The highest BCUT2D eigenvalue weighted by Crippen LogP contribution is 2.30. The van der Waals surface area contributed by atoms with Crippen molar-refractivity contribution < 1.29 is 47.9 Å². The molecular weight excluding hydrogens is 1470 g/mol. The molecule has 6 atom stereocenters. The van der Waals surface area contributed by atoms with E-state index in [1.54, 1.807) is 6.92 Å².